The van der Waals surface area contributed by atoms with Gasteiger partial charge in [0, 0.05) is 13.2 Å². The molecule has 5 heteroatoms. The van der Waals surface area contributed by atoms with Crippen LogP contribution in [0.15, 0.2) is 47.7 Å². The molecule has 0 fully saturated rings. The van der Waals surface area contributed by atoms with Gasteiger partial charge in [0.15, 0.2) is 0 Å². The Morgan fingerprint density at radius 1 is 1.39 bits per heavy atom. The number of benzene rings is 1. The van der Waals surface area contributed by atoms with Gasteiger partial charge in [0.2, 0.25) is 0 Å². The fourth-order valence-corrected chi connectivity index (χ4v) is 1.50. The van der Waals surface area contributed by atoms with Gasteiger partial charge in [0.05, 0.1) is 23.2 Å². The molecule has 0 saturated carbocycles. The van der Waals surface area contributed by atoms with Crippen LogP contribution in [0.2, 0.25) is 0 Å². The molecule has 1 aromatic carbocycles. The minimum absolute atomic E-state index is 0.231. The van der Waals surface area contributed by atoms with E-state index < -0.39 is 5.97 Å². The van der Waals surface area contributed by atoms with Crippen molar-refractivity contribution >= 4 is 17.9 Å². The summed E-state index contributed by atoms with van der Waals surface area (Å²) in [7, 11) is 1.92. The summed E-state index contributed by atoms with van der Waals surface area (Å²) < 4.78 is 1.93. The van der Waals surface area contributed by atoms with Crippen LogP contribution >= 0.6 is 0 Å². The molecule has 1 heterocycles. The predicted molar refractivity (Wildman–Crippen MR) is 70.0 cm³/mol. The number of aromatic carboxylic acids is 1. The minimum Gasteiger partial charge on any atom is -0.478 e. The Morgan fingerprint density at radius 2 is 2.22 bits per heavy atom. The van der Waals surface area contributed by atoms with Gasteiger partial charge < -0.3 is 9.67 Å². The van der Waals surface area contributed by atoms with Gasteiger partial charge in [0.1, 0.15) is 0 Å². The Kier molecular flexibility index (Phi) is 3.43. The van der Waals surface area contributed by atoms with Crippen LogP contribution in [0.1, 0.15) is 16.1 Å². The largest absolute Gasteiger partial charge is 0.478 e. The number of hydrazone groups is 1. The van der Waals surface area contributed by atoms with Gasteiger partial charge in [-0.25, -0.2) is 4.79 Å². The number of aromatic nitrogens is 1. The predicted octanol–water partition coefficient (Wildman–Crippen LogP) is 2.17. The van der Waals surface area contributed by atoms with E-state index in [1.807, 2.05) is 29.9 Å². The van der Waals surface area contributed by atoms with E-state index in [0.29, 0.717) is 5.69 Å². The highest BCUT2D eigenvalue weighted by Crippen LogP contribution is 2.10. The molecule has 2 N–H and O–H groups in total. The number of anilines is 1. The summed E-state index contributed by atoms with van der Waals surface area (Å²) in [5.41, 5.74) is 4.62. The van der Waals surface area contributed by atoms with E-state index in [4.69, 9.17) is 5.11 Å². The molecule has 92 valence electrons. The Morgan fingerprint density at radius 3 is 2.89 bits per heavy atom. The lowest BCUT2D eigenvalue weighted by molar-refractivity contribution is 0.0697. The molecular weight excluding hydrogens is 230 g/mol. The van der Waals surface area contributed by atoms with Crippen molar-refractivity contribution < 1.29 is 9.90 Å². The van der Waals surface area contributed by atoms with Crippen LogP contribution in [0.25, 0.3) is 0 Å². The summed E-state index contributed by atoms with van der Waals surface area (Å²) in [5, 5.41) is 12.9. The molecule has 0 bridgehead atoms. The van der Waals surface area contributed by atoms with E-state index in [2.05, 4.69) is 10.5 Å². The highest BCUT2D eigenvalue weighted by atomic mass is 16.4. The number of hydrogen-bond acceptors (Lipinski definition) is 3. The first-order valence-electron chi connectivity index (χ1n) is 5.40. The Bertz CT molecular complexity index is 587. The van der Waals surface area contributed by atoms with Crippen molar-refractivity contribution in [2.75, 3.05) is 5.43 Å². The van der Waals surface area contributed by atoms with Crippen molar-refractivity contribution in [3.63, 3.8) is 0 Å². The third-order valence-electron chi connectivity index (χ3n) is 2.48. The van der Waals surface area contributed by atoms with Crippen LogP contribution in [0.5, 0.6) is 0 Å². The topological polar surface area (TPSA) is 66.6 Å². The Balaban J connectivity index is 2.06. The highest BCUT2D eigenvalue weighted by Gasteiger charge is 2.01. The zero-order valence-corrected chi connectivity index (χ0v) is 9.87. The molecule has 2 rings (SSSR count). The SMILES string of the molecule is Cn1cccc1C=NNc1cccc(C(=O)O)c1. The number of nitrogens with zero attached hydrogens (tertiary/aromatic N) is 2. The normalized spacial score (nSPS) is 10.7. The molecule has 0 aliphatic rings. The maximum Gasteiger partial charge on any atom is 0.335 e. The molecule has 0 unspecified atom stereocenters. The fourth-order valence-electron chi connectivity index (χ4n) is 1.50. The first-order valence-corrected chi connectivity index (χ1v) is 5.40. The lowest BCUT2D eigenvalue weighted by atomic mass is 10.2. The lowest BCUT2D eigenvalue weighted by Gasteiger charge is -2.01. The van der Waals surface area contributed by atoms with Gasteiger partial charge in [-0.05, 0) is 30.3 Å². The van der Waals surface area contributed by atoms with Gasteiger partial charge >= 0.3 is 5.97 Å². The van der Waals surface area contributed by atoms with Crippen molar-refractivity contribution in [2.45, 2.75) is 0 Å². The summed E-state index contributed by atoms with van der Waals surface area (Å²) in [4.78, 5) is 10.8. The van der Waals surface area contributed by atoms with Gasteiger partial charge in [-0.3, -0.25) is 5.43 Å². The molecule has 1 aromatic heterocycles. The van der Waals surface area contributed by atoms with Crippen LogP contribution in [-0.4, -0.2) is 21.9 Å². The summed E-state index contributed by atoms with van der Waals surface area (Å²) in [5.74, 6) is -0.954. The summed E-state index contributed by atoms with van der Waals surface area (Å²) in [6.07, 6.45) is 3.60. The van der Waals surface area contributed by atoms with Crippen molar-refractivity contribution in [1.82, 2.24) is 4.57 Å². The fraction of sp³-hybridized carbons (Fsp3) is 0.0769. The monoisotopic (exact) mass is 243 g/mol. The number of rotatable bonds is 4. The van der Waals surface area contributed by atoms with Crippen LogP contribution in [0.4, 0.5) is 5.69 Å². The van der Waals surface area contributed by atoms with E-state index in [0.717, 1.165) is 5.69 Å². The number of hydrogen-bond donors (Lipinski definition) is 2. The molecule has 18 heavy (non-hydrogen) atoms. The van der Waals surface area contributed by atoms with Crippen molar-refractivity contribution in [3.8, 4) is 0 Å². The molecule has 0 aliphatic carbocycles. The van der Waals surface area contributed by atoms with Crippen molar-refractivity contribution in [2.24, 2.45) is 12.1 Å². The second kappa shape index (κ2) is 5.18. The Hall–Kier alpha value is -2.56. The first-order chi connectivity index (χ1) is 8.66. The molecule has 0 aliphatic heterocycles. The average Bonchev–Trinajstić information content (AvgIpc) is 2.76. The number of carboxylic acid groups (broad SMARTS) is 1. The Labute approximate surface area is 104 Å². The van der Waals surface area contributed by atoms with Gasteiger partial charge in [-0.15, -0.1) is 0 Å². The second-order valence-corrected chi connectivity index (χ2v) is 3.80. The molecule has 0 radical (unpaired) electrons. The maximum atomic E-state index is 10.8. The third-order valence-corrected chi connectivity index (χ3v) is 2.48. The van der Waals surface area contributed by atoms with E-state index in [1.54, 1.807) is 18.3 Å². The quantitative estimate of drug-likeness (QED) is 0.638. The van der Waals surface area contributed by atoms with Gasteiger partial charge in [0.25, 0.3) is 0 Å². The third kappa shape index (κ3) is 2.76. The van der Waals surface area contributed by atoms with E-state index in [9.17, 15) is 4.79 Å². The molecule has 2 aromatic rings. The minimum atomic E-state index is -0.954. The molecule has 0 saturated heterocycles. The number of carbonyl (C=O) groups is 1. The van der Waals surface area contributed by atoms with Crippen LogP contribution in [0, 0.1) is 0 Å². The van der Waals surface area contributed by atoms with E-state index in [-0.39, 0.29) is 5.56 Å². The van der Waals surface area contributed by atoms with E-state index >= 15 is 0 Å². The number of carboxylic acids is 1. The summed E-state index contributed by atoms with van der Waals surface area (Å²) in [6.45, 7) is 0. The summed E-state index contributed by atoms with van der Waals surface area (Å²) in [6, 6.07) is 10.4. The van der Waals surface area contributed by atoms with Crippen LogP contribution in [-0.2, 0) is 7.05 Å². The van der Waals surface area contributed by atoms with Crippen molar-refractivity contribution in [3.05, 3.63) is 53.9 Å². The maximum absolute atomic E-state index is 10.8. The average molecular weight is 243 g/mol. The zero-order valence-electron chi connectivity index (χ0n) is 9.87. The van der Waals surface area contributed by atoms with Crippen LogP contribution < -0.4 is 5.43 Å². The van der Waals surface area contributed by atoms with Crippen LogP contribution in [0.3, 0.4) is 0 Å². The summed E-state index contributed by atoms with van der Waals surface area (Å²) >= 11 is 0. The zero-order chi connectivity index (χ0) is 13.0. The molecule has 0 spiro atoms. The standard InChI is InChI=1S/C13H13N3O2/c1-16-7-3-6-12(16)9-14-15-11-5-2-4-10(8-11)13(17)18/h2-9,15H,1H3,(H,17,18). The molecule has 0 atom stereocenters. The second-order valence-electron chi connectivity index (χ2n) is 3.80. The lowest BCUT2D eigenvalue weighted by Crippen LogP contribution is -1.98. The van der Waals surface area contributed by atoms with E-state index in [1.165, 1.54) is 12.1 Å². The molecule has 0 amide bonds. The van der Waals surface area contributed by atoms with Crippen molar-refractivity contribution in [1.29, 1.82) is 0 Å². The number of aryl methyl sites for hydroxylation is 1. The highest BCUT2D eigenvalue weighted by molar-refractivity contribution is 5.88. The molecular formula is C13H13N3O2. The first kappa shape index (κ1) is 11.9. The van der Waals surface area contributed by atoms with Gasteiger partial charge in [-0.1, -0.05) is 6.07 Å². The number of nitrogens with one attached hydrogen (secondary N) is 1. The smallest absolute Gasteiger partial charge is 0.335 e. The van der Waals surface area contributed by atoms with Gasteiger partial charge in [-0.2, -0.15) is 5.10 Å². The molecule has 5 nitrogen and oxygen atoms in total.